The van der Waals surface area contributed by atoms with E-state index in [-0.39, 0.29) is 5.56 Å². The lowest BCUT2D eigenvalue weighted by Gasteiger charge is -2.10. The van der Waals surface area contributed by atoms with Gasteiger partial charge in [0.15, 0.2) is 16.7 Å². The van der Waals surface area contributed by atoms with E-state index in [4.69, 9.17) is 9.88 Å². The van der Waals surface area contributed by atoms with Gasteiger partial charge in [-0.05, 0) is 18.2 Å². The number of nitrogens with two attached hydrogens (primary N) is 1. The molecule has 0 aliphatic rings. The zero-order valence-corrected chi connectivity index (χ0v) is 16.2. The van der Waals surface area contributed by atoms with Crippen LogP contribution in [0, 0.1) is 11.6 Å². The first-order valence-corrected chi connectivity index (χ1v) is 9.71. The second-order valence-corrected chi connectivity index (χ2v) is 7.49. The molecule has 0 aliphatic carbocycles. The van der Waals surface area contributed by atoms with Crippen LogP contribution in [0.2, 0.25) is 0 Å². The van der Waals surface area contributed by atoms with E-state index in [1.54, 1.807) is 5.32 Å². The third-order valence-electron chi connectivity index (χ3n) is 3.65. The number of sulfonamides is 1. The van der Waals surface area contributed by atoms with E-state index in [1.165, 1.54) is 6.07 Å². The van der Waals surface area contributed by atoms with Crippen molar-refractivity contribution in [3.8, 4) is 11.4 Å². The molecule has 10 nitrogen and oxygen atoms in total. The summed E-state index contributed by atoms with van der Waals surface area (Å²) in [6.07, 6.45) is -5.17. The highest BCUT2D eigenvalue weighted by Crippen LogP contribution is 2.31. The minimum Gasteiger partial charge on any atom is -0.444 e. The second-order valence-electron chi connectivity index (χ2n) is 5.99. The maximum Gasteiger partial charge on any atom is 0.471 e. The topological polar surface area (TPSA) is 150 Å². The van der Waals surface area contributed by atoms with E-state index >= 15 is 0 Å². The predicted molar refractivity (Wildman–Crippen MR) is 94.1 cm³/mol. The van der Waals surface area contributed by atoms with Crippen molar-refractivity contribution in [2.45, 2.75) is 17.8 Å². The van der Waals surface area contributed by atoms with Crippen molar-refractivity contribution in [2.75, 3.05) is 5.32 Å². The number of benzene rings is 1. The third kappa shape index (κ3) is 5.33. The van der Waals surface area contributed by atoms with Gasteiger partial charge in [-0.1, -0.05) is 11.2 Å². The number of anilines is 1. The molecule has 0 fully saturated rings. The van der Waals surface area contributed by atoms with Gasteiger partial charge in [-0.2, -0.15) is 18.2 Å². The van der Waals surface area contributed by atoms with E-state index in [0.29, 0.717) is 12.1 Å². The molecule has 0 atom stereocenters. The molecular weight excluding hydrogens is 469 g/mol. The van der Waals surface area contributed by atoms with Crippen LogP contribution in [0.5, 0.6) is 0 Å². The highest BCUT2D eigenvalue weighted by atomic mass is 32.2. The molecule has 0 radical (unpaired) electrons. The van der Waals surface area contributed by atoms with Crippen LogP contribution < -0.4 is 10.5 Å². The van der Waals surface area contributed by atoms with Gasteiger partial charge in [-0.15, -0.1) is 0 Å². The number of nitrogens with zero attached hydrogens (tertiary/aromatic N) is 3. The number of primary sulfonamides is 1. The van der Waals surface area contributed by atoms with Crippen molar-refractivity contribution >= 4 is 21.8 Å². The van der Waals surface area contributed by atoms with E-state index in [1.807, 2.05) is 0 Å². The van der Waals surface area contributed by atoms with Gasteiger partial charge >= 0.3 is 18.2 Å². The first kappa shape index (κ1) is 23.0. The number of halogens is 5. The van der Waals surface area contributed by atoms with E-state index < -0.39 is 68.5 Å². The Bertz CT molecular complexity index is 1240. The number of hydrogen-bond donors (Lipinski definition) is 2. The fraction of sp³-hybridized carbons (Fsp3) is 0.125. The fourth-order valence-electron chi connectivity index (χ4n) is 2.23. The summed E-state index contributed by atoms with van der Waals surface area (Å²) >= 11 is 0. The van der Waals surface area contributed by atoms with Crippen LogP contribution in [-0.4, -0.2) is 29.6 Å². The van der Waals surface area contributed by atoms with Crippen molar-refractivity contribution in [3.05, 3.63) is 53.6 Å². The Labute approximate surface area is 175 Å². The summed E-state index contributed by atoms with van der Waals surface area (Å²) in [4.78, 5) is 18.4. The molecule has 170 valence electrons. The molecular formula is C16H10F5N5O5S. The van der Waals surface area contributed by atoms with E-state index in [9.17, 15) is 35.2 Å². The Balaban J connectivity index is 1.68. The van der Waals surface area contributed by atoms with Gasteiger partial charge in [-0.25, -0.2) is 32.1 Å². The Morgan fingerprint density at radius 3 is 2.34 bits per heavy atom. The maximum absolute atomic E-state index is 14.2. The highest BCUT2D eigenvalue weighted by Gasteiger charge is 2.38. The zero-order chi connectivity index (χ0) is 23.7. The molecule has 2 aromatic heterocycles. The normalized spacial score (nSPS) is 11.9. The number of ether oxygens (including phenoxy) is 1. The average molecular weight is 479 g/mol. The molecule has 16 heteroatoms. The van der Waals surface area contributed by atoms with Crippen molar-refractivity contribution in [2.24, 2.45) is 5.14 Å². The van der Waals surface area contributed by atoms with Gasteiger partial charge < -0.3 is 9.26 Å². The Morgan fingerprint density at radius 2 is 1.84 bits per heavy atom. The first-order chi connectivity index (χ1) is 14.8. The van der Waals surface area contributed by atoms with Gasteiger partial charge in [-0.3, -0.25) is 5.32 Å². The Morgan fingerprint density at radius 1 is 1.19 bits per heavy atom. The van der Waals surface area contributed by atoms with Crippen molar-refractivity contribution < 1.29 is 44.4 Å². The number of alkyl halides is 3. The molecule has 0 saturated heterocycles. The quantitative estimate of drug-likeness (QED) is 0.531. The lowest BCUT2D eigenvalue weighted by Crippen LogP contribution is -2.16. The van der Waals surface area contributed by atoms with Crippen LogP contribution in [-0.2, 0) is 27.5 Å². The summed E-state index contributed by atoms with van der Waals surface area (Å²) in [5.74, 6) is -5.13. The highest BCUT2D eigenvalue weighted by molar-refractivity contribution is 7.89. The third-order valence-corrected chi connectivity index (χ3v) is 4.48. The van der Waals surface area contributed by atoms with Crippen LogP contribution in [0.1, 0.15) is 11.5 Å². The summed E-state index contributed by atoms with van der Waals surface area (Å²) in [5, 5.41) is 9.28. The Hall–Kier alpha value is -3.66. The van der Waals surface area contributed by atoms with Gasteiger partial charge in [0.1, 0.15) is 12.3 Å². The lowest BCUT2D eigenvalue weighted by atomic mass is 10.1. The molecule has 0 bridgehead atoms. The van der Waals surface area contributed by atoms with Gasteiger partial charge in [0, 0.05) is 17.3 Å². The molecule has 0 saturated carbocycles. The zero-order valence-electron chi connectivity index (χ0n) is 15.4. The first-order valence-electron chi connectivity index (χ1n) is 8.16. The molecule has 32 heavy (non-hydrogen) atoms. The number of hydrogen-bond acceptors (Lipinski definition) is 8. The lowest BCUT2D eigenvalue weighted by molar-refractivity contribution is -0.159. The molecule has 0 aliphatic heterocycles. The van der Waals surface area contributed by atoms with Crippen LogP contribution >= 0.6 is 0 Å². The van der Waals surface area contributed by atoms with E-state index in [2.05, 4.69) is 19.6 Å². The molecule has 3 rings (SSSR count). The Kier molecular flexibility index (Phi) is 6.09. The fourth-order valence-corrected chi connectivity index (χ4v) is 2.69. The smallest absolute Gasteiger partial charge is 0.444 e. The number of pyridine rings is 1. The summed E-state index contributed by atoms with van der Waals surface area (Å²) < 4.78 is 97.0. The SMILES string of the molecule is NS(=O)(=O)c1ccc(COC(=O)Nc2c(F)cc(-c3noc(C(F)(F)F)n3)cc2F)cn1. The second kappa shape index (κ2) is 8.46. The maximum atomic E-state index is 14.2. The molecule has 1 aromatic carbocycles. The molecule has 0 spiro atoms. The largest absolute Gasteiger partial charge is 0.471 e. The van der Waals surface area contributed by atoms with Gasteiger partial charge in [0.05, 0.1) is 0 Å². The summed E-state index contributed by atoms with van der Waals surface area (Å²) in [7, 11) is -4.02. The van der Waals surface area contributed by atoms with Gasteiger partial charge in [0.25, 0.3) is 10.0 Å². The van der Waals surface area contributed by atoms with Crippen molar-refractivity contribution in [3.63, 3.8) is 0 Å². The van der Waals surface area contributed by atoms with Crippen LogP contribution in [0.4, 0.5) is 32.4 Å². The minimum atomic E-state index is -4.94. The van der Waals surface area contributed by atoms with Crippen LogP contribution in [0.25, 0.3) is 11.4 Å². The number of amides is 1. The predicted octanol–water partition coefficient (Wildman–Crippen LogP) is 2.82. The molecule has 3 N–H and O–H groups in total. The number of rotatable bonds is 5. The molecule has 0 unspecified atom stereocenters. The van der Waals surface area contributed by atoms with Crippen LogP contribution in [0.3, 0.4) is 0 Å². The van der Waals surface area contributed by atoms with Crippen LogP contribution in [0.15, 0.2) is 40.0 Å². The monoisotopic (exact) mass is 479 g/mol. The average Bonchev–Trinajstić information content (AvgIpc) is 3.19. The standard InChI is InChI=1S/C16H10F5N5O5S/c17-9-3-8(13-25-14(31-26-13)16(19,20)21)4-10(18)12(9)24-15(27)30-6-7-1-2-11(23-5-7)32(22,28)29/h1-5H,6H2,(H,24,27)(H2,22,28,29). The van der Waals surface area contributed by atoms with Gasteiger partial charge in [0.2, 0.25) is 5.82 Å². The summed E-state index contributed by atoms with van der Waals surface area (Å²) in [5.41, 5.74) is -1.18. The number of nitrogens with one attached hydrogen (secondary N) is 1. The molecule has 2 heterocycles. The minimum absolute atomic E-state index is 0.237. The summed E-state index contributed by atoms with van der Waals surface area (Å²) in [6, 6.07) is 3.47. The number of aromatic nitrogens is 3. The summed E-state index contributed by atoms with van der Waals surface area (Å²) in [6.45, 7) is -0.436. The van der Waals surface area contributed by atoms with E-state index in [0.717, 1.165) is 12.3 Å². The number of carbonyl (C=O) groups excluding carboxylic acids is 1. The number of carbonyl (C=O) groups is 1. The molecule has 3 aromatic rings. The van der Waals surface area contributed by atoms with Crippen molar-refractivity contribution in [1.82, 2.24) is 15.1 Å². The van der Waals surface area contributed by atoms with Crippen molar-refractivity contribution in [1.29, 1.82) is 0 Å². The molecule has 1 amide bonds.